The molecule has 0 saturated heterocycles. The Labute approximate surface area is 108 Å². The smallest absolute Gasteiger partial charge is 0.0945 e. The Morgan fingerprint density at radius 1 is 1.24 bits per heavy atom. The molecule has 0 aromatic heterocycles. The number of benzene rings is 1. The van der Waals surface area contributed by atoms with Gasteiger partial charge in [0, 0.05) is 17.1 Å². The van der Waals surface area contributed by atoms with Crippen molar-refractivity contribution in [2.75, 3.05) is 0 Å². The summed E-state index contributed by atoms with van der Waals surface area (Å²) in [5, 5.41) is 14.6. The molecule has 1 aliphatic rings. The van der Waals surface area contributed by atoms with E-state index < -0.39 is 6.10 Å². The van der Waals surface area contributed by atoms with E-state index in [-0.39, 0.29) is 6.04 Å². The van der Waals surface area contributed by atoms with Gasteiger partial charge >= 0.3 is 0 Å². The molecule has 0 amide bonds. The molecule has 1 aromatic rings. The minimum atomic E-state index is -0.465. The van der Waals surface area contributed by atoms with Gasteiger partial charge in [0.2, 0.25) is 0 Å². The van der Waals surface area contributed by atoms with Gasteiger partial charge in [0.1, 0.15) is 0 Å². The molecule has 94 valence electrons. The second-order valence-corrected chi connectivity index (χ2v) is 5.64. The van der Waals surface area contributed by atoms with Crippen molar-refractivity contribution in [2.45, 2.75) is 44.9 Å². The quantitative estimate of drug-likeness (QED) is 0.845. The molecule has 1 aliphatic carbocycles. The van der Waals surface area contributed by atoms with Crippen molar-refractivity contribution in [3.8, 4) is 0 Å². The zero-order valence-corrected chi connectivity index (χ0v) is 11.1. The number of hydrogen-bond donors (Lipinski definition) is 2. The average molecular weight is 254 g/mol. The van der Waals surface area contributed by atoms with E-state index in [1.165, 1.54) is 12.8 Å². The lowest BCUT2D eigenvalue weighted by Gasteiger charge is -2.28. The lowest BCUT2D eigenvalue weighted by molar-refractivity contribution is 0.104. The summed E-state index contributed by atoms with van der Waals surface area (Å²) >= 11 is 5.86. The van der Waals surface area contributed by atoms with E-state index in [1.54, 1.807) is 0 Å². The van der Waals surface area contributed by atoms with Crippen LogP contribution in [0.15, 0.2) is 24.3 Å². The Morgan fingerprint density at radius 2 is 1.82 bits per heavy atom. The van der Waals surface area contributed by atoms with Gasteiger partial charge in [-0.2, -0.15) is 0 Å². The van der Waals surface area contributed by atoms with Crippen molar-refractivity contribution in [2.24, 2.45) is 5.92 Å². The summed E-state index contributed by atoms with van der Waals surface area (Å²) in [7, 11) is 0. The fourth-order valence-corrected chi connectivity index (χ4v) is 2.16. The summed E-state index contributed by atoms with van der Waals surface area (Å²) in [4.78, 5) is 0. The number of nitrogens with one attached hydrogen (secondary N) is 1. The van der Waals surface area contributed by atoms with E-state index in [2.05, 4.69) is 19.2 Å². The van der Waals surface area contributed by atoms with E-state index in [1.807, 2.05) is 24.3 Å². The molecule has 1 aromatic carbocycles. The van der Waals surface area contributed by atoms with E-state index in [9.17, 15) is 5.11 Å². The molecule has 0 heterocycles. The summed E-state index contributed by atoms with van der Waals surface area (Å²) < 4.78 is 0. The van der Waals surface area contributed by atoms with Gasteiger partial charge in [-0.05, 0) is 36.5 Å². The molecule has 1 fully saturated rings. The first-order valence-corrected chi connectivity index (χ1v) is 6.65. The third-order valence-electron chi connectivity index (χ3n) is 3.28. The Bertz CT molecular complexity index is 359. The van der Waals surface area contributed by atoms with Gasteiger partial charge in [0.05, 0.1) is 6.10 Å². The van der Waals surface area contributed by atoms with Gasteiger partial charge in [-0.3, -0.25) is 0 Å². The highest BCUT2D eigenvalue weighted by Crippen LogP contribution is 2.27. The van der Waals surface area contributed by atoms with Crippen molar-refractivity contribution >= 4 is 11.6 Å². The lowest BCUT2D eigenvalue weighted by Crippen LogP contribution is -2.40. The van der Waals surface area contributed by atoms with Crippen LogP contribution >= 0.6 is 11.6 Å². The first-order valence-electron chi connectivity index (χ1n) is 6.27. The Hall–Kier alpha value is -0.570. The van der Waals surface area contributed by atoms with Crippen LogP contribution in [0.25, 0.3) is 0 Å². The number of halogens is 1. The van der Waals surface area contributed by atoms with Gasteiger partial charge in [0.15, 0.2) is 0 Å². The predicted octanol–water partition coefficient (Wildman–Crippen LogP) is 3.15. The Morgan fingerprint density at radius 3 is 2.29 bits per heavy atom. The van der Waals surface area contributed by atoms with Gasteiger partial charge < -0.3 is 10.4 Å². The summed E-state index contributed by atoms with van der Waals surface area (Å²) in [6, 6.07) is 8.17. The van der Waals surface area contributed by atoms with Crippen LogP contribution in [-0.4, -0.2) is 17.2 Å². The maximum Gasteiger partial charge on any atom is 0.0945 e. The van der Waals surface area contributed by atoms with Crippen LogP contribution in [0.4, 0.5) is 0 Å². The van der Waals surface area contributed by atoms with Crippen LogP contribution < -0.4 is 5.32 Å². The third-order valence-corrected chi connectivity index (χ3v) is 3.53. The fourth-order valence-electron chi connectivity index (χ4n) is 2.04. The monoisotopic (exact) mass is 253 g/mol. The Balaban J connectivity index is 2.08. The lowest BCUT2D eigenvalue weighted by atomic mass is 9.93. The maximum atomic E-state index is 10.4. The molecule has 17 heavy (non-hydrogen) atoms. The van der Waals surface area contributed by atoms with Gasteiger partial charge in [0.25, 0.3) is 0 Å². The van der Waals surface area contributed by atoms with Crippen molar-refractivity contribution in [3.05, 3.63) is 34.9 Å². The second kappa shape index (κ2) is 5.38. The topological polar surface area (TPSA) is 32.3 Å². The first kappa shape index (κ1) is 12.9. The molecule has 2 atom stereocenters. The molecule has 2 rings (SSSR count). The van der Waals surface area contributed by atoms with Crippen LogP contribution in [0.1, 0.15) is 38.4 Å². The zero-order valence-electron chi connectivity index (χ0n) is 10.4. The predicted molar refractivity (Wildman–Crippen MR) is 71.2 cm³/mol. The largest absolute Gasteiger partial charge is 0.387 e. The molecule has 0 bridgehead atoms. The molecule has 0 aliphatic heterocycles. The maximum absolute atomic E-state index is 10.4. The minimum absolute atomic E-state index is 0.115. The summed E-state index contributed by atoms with van der Waals surface area (Å²) in [6.45, 7) is 4.28. The molecule has 1 saturated carbocycles. The summed E-state index contributed by atoms with van der Waals surface area (Å²) in [6.07, 6.45) is 2.00. The first-order chi connectivity index (χ1) is 8.08. The minimum Gasteiger partial charge on any atom is -0.387 e. The van der Waals surface area contributed by atoms with Gasteiger partial charge in [-0.1, -0.05) is 37.6 Å². The van der Waals surface area contributed by atoms with E-state index in [0.717, 1.165) is 5.56 Å². The van der Waals surface area contributed by atoms with Crippen molar-refractivity contribution < 1.29 is 5.11 Å². The van der Waals surface area contributed by atoms with Crippen LogP contribution in [0.2, 0.25) is 5.02 Å². The molecular weight excluding hydrogens is 234 g/mol. The fraction of sp³-hybridized carbons (Fsp3) is 0.571. The van der Waals surface area contributed by atoms with E-state index in [4.69, 9.17) is 11.6 Å². The van der Waals surface area contributed by atoms with E-state index in [0.29, 0.717) is 17.0 Å². The third kappa shape index (κ3) is 3.44. The van der Waals surface area contributed by atoms with Gasteiger partial charge in [-0.25, -0.2) is 0 Å². The van der Waals surface area contributed by atoms with Crippen LogP contribution in [0.3, 0.4) is 0 Å². The second-order valence-electron chi connectivity index (χ2n) is 5.21. The molecule has 2 N–H and O–H groups in total. The number of hydrogen-bond acceptors (Lipinski definition) is 2. The molecule has 3 heteroatoms. The molecular formula is C14H20ClNO. The summed E-state index contributed by atoms with van der Waals surface area (Å²) in [5.74, 6) is 0.404. The number of aliphatic hydroxyl groups excluding tert-OH is 1. The van der Waals surface area contributed by atoms with Crippen LogP contribution in [-0.2, 0) is 0 Å². The summed E-state index contributed by atoms with van der Waals surface area (Å²) in [5.41, 5.74) is 0.932. The van der Waals surface area contributed by atoms with Crippen molar-refractivity contribution in [3.63, 3.8) is 0 Å². The van der Waals surface area contributed by atoms with Gasteiger partial charge in [-0.15, -0.1) is 0 Å². The molecule has 0 spiro atoms. The molecule has 2 nitrogen and oxygen atoms in total. The molecule has 2 unspecified atom stereocenters. The molecule has 0 radical (unpaired) electrons. The normalized spacial score (nSPS) is 19.4. The van der Waals surface area contributed by atoms with Crippen LogP contribution in [0, 0.1) is 5.92 Å². The Kier molecular flexibility index (Phi) is 4.08. The highest BCUT2D eigenvalue weighted by Gasteiger charge is 2.30. The van der Waals surface area contributed by atoms with Crippen molar-refractivity contribution in [1.29, 1.82) is 0 Å². The average Bonchev–Trinajstić information content (AvgIpc) is 3.09. The SMILES string of the molecule is CC(C)C(NC1CC1)C(O)c1ccc(Cl)cc1. The number of rotatable bonds is 5. The highest BCUT2D eigenvalue weighted by molar-refractivity contribution is 6.30. The van der Waals surface area contributed by atoms with Crippen molar-refractivity contribution in [1.82, 2.24) is 5.32 Å². The standard InChI is InChI=1S/C14H20ClNO/c1-9(2)13(16-12-7-8-12)14(17)10-3-5-11(15)6-4-10/h3-6,9,12-14,16-17H,7-8H2,1-2H3. The van der Waals surface area contributed by atoms with Crippen LogP contribution in [0.5, 0.6) is 0 Å². The number of aliphatic hydroxyl groups is 1. The zero-order chi connectivity index (χ0) is 12.4. The van der Waals surface area contributed by atoms with E-state index >= 15 is 0 Å². The highest BCUT2D eigenvalue weighted by atomic mass is 35.5.